The van der Waals surface area contributed by atoms with E-state index in [-0.39, 0.29) is 0 Å². The Hall–Kier alpha value is -0.860. The van der Waals surface area contributed by atoms with E-state index in [1.165, 1.54) is 10.6 Å². The molecule has 0 heterocycles. The van der Waals surface area contributed by atoms with Crippen molar-refractivity contribution >= 4 is 0 Å². The van der Waals surface area contributed by atoms with E-state index in [4.69, 9.17) is 5.21 Å². The van der Waals surface area contributed by atoms with Gasteiger partial charge in [0.25, 0.3) is 0 Å². The first kappa shape index (κ1) is 11.2. The van der Waals surface area contributed by atoms with Crippen molar-refractivity contribution in [1.82, 2.24) is 5.06 Å². The monoisotopic (exact) mass is 193 g/mol. The average Bonchev–Trinajstić information content (AvgIpc) is 2.06. The lowest BCUT2D eigenvalue weighted by Crippen LogP contribution is -2.11. The second-order valence-corrected chi connectivity index (χ2v) is 4.23. The number of hydroxylamine groups is 2. The molecule has 2 heteroatoms. The summed E-state index contributed by atoms with van der Waals surface area (Å²) in [5.74, 6) is 0.696. The van der Waals surface area contributed by atoms with E-state index < -0.39 is 0 Å². The zero-order chi connectivity index (χ0) is 10.6. The molecule has 0 spiro atoms. The van der Waals surface area contributed by atoms with Crippen LogP contribution in [0.2, 0.25) is 0 Å². The van der Waals surface area contributed by atoms with E-state index >= 15 is 0 Å². The maximum Gasteiger partial charge on any atom is 0.0485 e. The van der Waals surface area contributed by atoms with Gasteiger partial charge in [-0.1, -0.05) is 38.1 Å². The highest BCUT2D eigenvalue weighted by atomic mass is 16.5. The first-order valence-electron chi connectivity index (χ1n) is 5.05. The number of nitrogens with zero attached hydrogens (tertiary/aromatic N) is 1. The van der Waals surface area contributed by atoms with Gasteiger partial charge < -0.3 is 5.21 Å². The lowest BCUT2D eigenvalue weighted by Gasteiger charge is -2.09. The molecule has 0 radical (unpaired) electrons. The lowest BCUT2D eigenvalue weighted by atomic mass is 10.0. The number of rotatable bonds is 4. The van der Waals surface area contributed by atoms with Crippen LogP contribution in [-0.4, -0.2) is 17.3 Å². The van der Waals surface area contributed by atoms with Gasteiger partial charge >= 0.3 is 0 Å². The molecule has 0 bridgehead atoms. The molecule has 0 aromatic heterocycles. The molecule has 0 atom stereocenters. The number of hydrogen-bond donors (Lipinski definition) is 1. The summed E-state index contributed by atoms with van der Waals surface area (Å²) >= 11 is 0. The van der Waals surface area contributed by atoms with Crippen LogP contribution in [0.1, 0.15) is 25.0 Å². The van der Waals surface area contributed by atoms with Gasteiger partial charge in [0.1, 0.15) is 0 Å². The van der Waals surface area contributed by atoms with E-state index in [0.717, 1.165) is 12.0 Å². The molecule has 0 saturated heterocycles. The number of hydrogen-bond acceptors (Lipinski definition) is 2. The first-order chi connectivity index (χ1) is 6.58. The standard InChI is InChI=1S/C12H19NO/c1-10(2)8-11-4-6-12(7-5-11)9-13(3)14/h4-7,10,14H,8-9H2,1-3H3. The van der Waals surface area contributed by atoms with E-state index in [1.54, 1.807) is 7.05 Å². The van der Waals surface area contributed by atoms with Gasteiger partial charge in [-0.3, -0.25) is 0 Å². The Morgan fingerprint density at radius 3 is 2.07 bits per heavy atom. The third kappa shape index (κ3) is 3.90. The normalized spacial score (nSPS) is 11.3. The third-order valence-electron chi connectivity index (χ3n) is 2.08. The van der Waals surface area contributed by atoms with Crippen LogP contribution in [0, 0.1) is 5.92 Å². The first-order valence-corrected chi connectivity index (χ1v) is 5.05. The molecule has 2 nitrogen and oxygen atoms in total. The molecule has 0 unspecified atom stereocenters. The fraction of sp³-hybridized carbons (Fsp3) is 0.500. The molecule has 0 saturated carbocycles. The Bertz CT molecular complexity index is 235. The Morgan fingerprint density at radius 2 is 1.64 bits per heavy atom. The van der Waals surface area contributed by atoms with Crippen LogP contribution in [0.3, 0.4) is 0 Å². The molecule has 1 rings (SSSR count). The molecule has 0 aliphatic rings. The summed E-state index contributed by atoms with van der Waals surface area (Å²) in [5, 5.41) is 10.2. The summed E-state index contributed by atoms with van der Waals surface area (Å²) in [6, 6.07) is 8.42. The van der Waals surface area contributed by atoms with Crippen molar-refractivity contribution in [3.8, 4) is 0 Å². The van der Waals surface area contributed by atoms with Crippen LogP contribution in [0.15, 0.2) is 24.3 Å². The van der Waals surface area contributed by atoms with Gasteiger partial charge in [-0.15, -0.1) is 0 Å². The van der Waals surface area contributed by atoms with Crippen molar-refractivity contribution in [3.63, 3.8) is 0 Å². The van der Waals surface area contributed by atoms with Crippen LogP contribution < -0.4 is 0 Å². The van der Waals surface area contributed by atoms with E-state index in [9.17, 15) is 0 Å². The Kier molecular flexibility index (Phi) is 4.11. The van der Waals surface area contributed by atoms with Crippen LogP contribution in [0.4, 0.5) is 0 Å². The van der Waals surface area contributed by atoms with Gasteiger partial charge in [-0.25, -0.2) is 0 Å². The van der Waals surface area contributed by atoms with E-state index in [0.29, 0.717) is 12.5 Å². The Labute approximate surface area is 86.1 Å². The summed E-state index contributed by atoms with van der Waals surface area (Å²) in [4.78, 5) is 0. The van der Waals surface area contributed by atoms with Gasteiger partial charge in [0.05, 0.1) is 0 Å². The summed E-state index contributed by atoms with van der Waals surface area (Å²) in [7, 11) is 1.65. The quantitative estimate of drug-likeness (QED) is 0.743. The second-order valence-electron chi connectivity index (χ2n) is 4.23. The molecule has 0 amide bonds. The topological polar surface area (TPSA) is 23.5 Å². The highest BCUT2D eigenvalue weighted by Gasteiger charge is 1.99. The number of benzene rings is 1. The molecule has 14 heavy (non-hydrogen) atoms. The van der Waals surface area contributed by atoms with Crippen LogP contribution in [-0.2, 0) is 13.0 Å². The van der Waals surface area contributed by atoms with Crippen molar-refractivity contribution in [1.29, 1.82) is 0 Å². The SMILES string of the molecule is CC(C)Cc1ccc(CN(C)O)cc1. The molecule has 1 aromatic carbocycles. The fourth-order valence-corrected chi connectivity index (χ4v) is 1.52. The average molecular weight is 193 g/mol. The maximum atomic E-state index is 9.05. The smallest absolute Gasteiger partial charge is 0.0485 e. The summed E-state index contributed by atoms with van der Waals surface area (Å²) < 4.78 is 0. The predicted octanol–water partition coefficient (Wildman–Crippen LogP) is 2.71. The van der Waals surface area contributed by atoms with Gasteiger partial charge in [-0.05, 0) is 23.5 Å². The van der Waals surface area contributed by atoms with Gasteiger partial charge in [-0.2, -0.15) is 5.06 Å². The highest BCUT2D eigenvalue weighted by molar-refractivity contribution is 5.22. The predicted molar refractivity (Wildman–Crippen MR) is 58.2 cm³/mol. The third-order valence-corrected chi connectivity index (χ3v) is 2.08. The second kappa shape index (κ2) is 5.13. The zero-order valence-corrected chi connectivity index (χ0v) is 9.20. The molecule has 0 aliphatic carbocycles. The van der Waals surface area contributed by atoms with Crippen molar-refractivity contribution in [3.05, 3.63) is 35.4 Å². The minimum absolute atomic E-state index is 0.585. The van der Waals surface area contributed by atoms with Crippen molar-refractivity contribution in [2.75, 3.05) is 7.05 Å². The molecular weight excluding hydrogens is 174 g/mol. The van der Waals surface area contributed by atoms with Crippen molar-refractivity contribution < 1.29 is 5.21 Å². The van der Waals surface area contributed by atoms with E-state index in [2.05, 4.69) is 38.1 Å². The Morgan fingerprint density at radius 1 is 1.14 bits per heavy atom. The minimum atomic E-state index is 0.585. The molecule has 0 fully saturated rings. The summed E-state index contributed by atoms with van der Waals surface area (Å²) in [6.07, 6.45) is 1.12. The van der Waals surface area contributed by atoms with Crippen molar-refractivity contribution in [2.45, 2.75) is 26.8 Å². The van der Waals surface area contributed by atoms with Crippen LogP contribution in [0.5, 0.6) is 0 Å². The van der Waals surface area contributed by atoms with Crippen LogP contribution in [0.25, 0.3) is 0 Å². The highest BCUT2D eigenvalue weighted by Crippen LogP contribution is 2.10. The molecule has 1 aromatic rings. The summed E-state index contributed by atoms with van der Waals surface area (Å²) in [5.41, 5.74) is 2.51. The maximum absolute atomic E-state index is 9.05. The zero-order valence-electron chi connectivity index (χ0n) is 9.20. The minimum Gasteiger partial charge on any atom is -0.314 e. The van der Waals surface area contributed by atoms with Gasteiger partial charge in [0.2, 0.25) is 0 Å². The summed E-state index contributed by atoms with van der Waals surface area (Å²) in [6.45, 7) is 5.02. The Balaban J connectivity index is 2.59. The van der Waals surface area contributed by atoms with Gasteiger partial charge in [0, 0.05) is 13.6 Å². The molecular formula is C12H19NO. The largest absolute Gasteiger partial charge is 0.314 e. The molecule has 78 valence electrons. The van der Waals surface area contributed by atoms with Crippen LogP contribution >= 0.6 is 0 Å². The fourth-order valence-electron chi connectivity index (χ4n) is 1.52. The molecule has 1 N–H and O–H groups in total. The lowest BCUT2D eigenvalue weighted by molar-refractivity contribution is -0.0731. The van der Waals surface area contributed by atoms with Crippen molar-refractivity contribution in [2.24, 2.45) is 5.92 Å². The van der Waals surface area contributed by atoms with Gasteiger partial charge in [0.15, 0.2) is 0 Å². The molecule has 0 aliphatic heterocycles. The van der Waals surface area contributed by atoms with E-state index in [1.807, 2.05) is 0 Å².